The Kier molecular flexibility index (Phi) is 9.51. The minimum atomic E-state index is -1.17. The van der Waals surface area contributed by atoms with Gasteiger partial charge in [0.05, 0.1) is 6.04 Å². The smallest absolute Gasteiger partial charge is 0.289 e. The number of nitrogens with one attached hydrogen (secondary N) is 3. The summed E-state index contributed by atoms with van der Waals surface area (Å²) in [5.41, 5.74) is 0.788. The van der Waals surface area contributed by atoms with E-state index in [0.29, 0.717) is 25.3 Å². The van der Waals surface area contributed by atoms with Crippen LogP contribution in [-0.4, -0.2) is 72.1 Å². The molecule has 0 bridgehead atoms. The van der Waals surface area contributed by atoms with E-state index in [1.165, 1.54) is 11.0 Å². The van der Waals surface area contributed by atoms with Gasteiger partial charge in [0.1, 0.15) is 18.4 Å². The summed E-state index contributed by atoms with van der Waals surface area (Å²) in [6.07, 6.45) is 4.75. The van der Waals surface area contributed by atoms with E-state index in [0.717, 1.165) is 37.7 Å². The molecule has 2 aliphatic carbocycles. The number of carbonyl (C=O) groups excluding carboxylic acids is 5. The van der Waals surface area contributed by atoms with Crippen molar-refractivity contribution < 1.29 is 37.8 Å². The van der Waals surface area contributed by atoms with Gasteiger partial charge in [-0.05, 0) is 80.2 Å². The Bertz CT molecular complexity index is 1480. The predicted molar refractivity (Wildman–Crippen MR) is 163 cm³/mol. The van der Waals surface area contributed by atoms with Crippen LogP contribution in [0.5, 0.6) is 11.5 Å². The zero-order chi connectivity index (χ0) is 32.2. The van der Waals surface area contributed by atoms with E-state index in [1.54, 1.807) is 42.5 Å². The van der Waals surface area contributed by atoms with Crippen LogP contribution in [0.2, 0.25) is 0 Å². The second-order valence-electron chi connectivity index (χ2n) is 12.7. The first kappa shape index (κ1) is 31.5. The SMILES string of the molecule is O=C(NC1CC1)C(=O)[C@H](C[C@@H]1CCNC1=O)NC(=O)[C@@H]1[C@H]2CCC[C@H]2CN1C(=O)COc1ccc(COc2ccccc2F)cc1. The number of carbonyl (C=O) groups is 5. The van der Waals surface area contributed by atoms with Crippen molar-refractivity contribution in [1.29, 1.82) is 0 Å². The zero-order valence-corrected chi connectivity index (χ0v) is 25.5. The number of para-hydroxylation sites is 1. The van der Waals surface area contributed by atoms with Crippen LogP contribution in [0.15, 0.2) is 48.5 Å². The summed E-state index contributed by atoms with van der Waals surface area (Å²) < 4.78 is 25.2. The summed E-state index contributed by atoms with van der Waals surface area (Å²) >= 11 is 0. The third-order valence-electron chi connectivity index (χ3n) is 9.45. The third-order valence-corrected chi connectivity index (χ3v) is 9.45. The second-order valence-corrected chi connectivity index (χ2v) is 12.7. The number of Topliss-reactive ketones (excluding diaryl/α,β-unsaturated/α-hetero) is 1. The van der Waals surface area contributed by atoms with Crippen LogP contribution in [0, 0.1) is 23.6 Å². The maximum Gasteiger partial charge on any atom is 0.289 e. The molecule has 6 rings (SSSR count). The molecule has 4 fully saturated rings. The molecule has 46 heavy (non-hydrogen) atoms. The van der Waals surface area contributed by atoms with E-state index >= 15 is 0 Å². The highest BCUT2D eigenvalue weighted by Crippen LogP contribution is 2.42. The van der Waals surface area contributed by atoms with E-state index in [1.807, 2.05) is 0 Å². The number of likely N-dealkylation sites (tertiary alicyclic amines) is 1. The number of halogens is 1. The van der Waals surface area contributed by atoms with E-state index in [9.17, 15) is 28.4 Å². The normalized spacial score (nSPS) is 24.1. The summed E-state index contributed by atoms with van der Waals surface area (Å²) in [6, 6.07) is 11.1. The van der Waals surface area contributed by atoms with Crippen molar-refractivity contribution in [2.75, 3.05) is 19.7 Å². The topological polar surface area (TPSA) is 143 Å². The number of hydrogen-bond acceptors (Lipinski definition) is 7. The van der Waals surface area contributed by atoms with Gasteiger partial charge >= 0.3 is 0 Å². The lowest BCUT2D eigenvalue weighted by atomic mass is 9.91. The highest BCUT2D eigenvalue weighted by Gasteiger charge is 2.50. The molecule has 2 heterocycles. The zero-order valence-electron chi connectivity index (χ0n) is 25.5. The van der Waals surface area contributed by atoms with Crippen LogP contribution in [0.1, 0.15) is 50.5 Å². The largest absolute Gasteiger partial charge is 0.486 e. The van der Waals surface area contributed by atoms with Crippen LogP contribution in [0.3, 0.4) is 0 Å². The Morgan fingerprint density at radius 3 is 2.48 bits per heavy atom. The number of ketones is 1. The van der Waals surface area contributed by atoms with Gasteiger partial charge in [-0.15, -0.1) is 0 Å². The van der Waals surface area contributed by atoms with Gasteiger partial charge in [0, 0.05) is 25.0 Å². The number of fused-ring (bicyclic) bond motifs is 1. The molecule has 244 valence electrons. The Labute approximate surface area is 266 Å². The van der Waals surface area contributed by atoms with Crippen molar-refractivity contribution in [1.82, 2.24) is 20.9 Å². The Balaban J connectivity index is 1.08. The van der Waals surface area contributed by atoms with Crippen molar-refractivity contribution in [2.45, 2.75) is 69.7 Å². The molecule has 0 spiro atoms. The Hall–Kier alpha value is -4.48. The summed E-state index contributed by atoms with van der Waals surface area (Å²) in [5.74, 6) is -2.82. The molecule has 2 saturated heterocycles. The molecule has 5 atom stereocenters. The molecular formula is C34H39FN4O7. The first-order valence-corrected chi connectivity index (χ1v) is 16.1. The lowest BCUT2D eigenvalue weighted by molar-refractivity contribution is -0.143. The van der Waals surface area contributed by atoms with E-state index < -0.39 is 41.4 Å². The van der Waals surface area contributed by atoms with Crippen LogP contribution >= 0.6 is 0 Å². The first-order chi connectivity index (χ1) is 22.3. The van der Waals surface area contributed by atoms with E-state index in [2.05, 4.69) is 16.0 Å². The van der Waals surface area contributed by atoms with Crippen LogP contribution < -0.4 is 25.4 Å². The van der Waals surface area contributed by atoms with Crippen molar-refractivity contribution in [3.63, 3.8) is 0 Å². The molecule has 2 aromatic carbocycles. The van der Waals surface area contributed by atoms with Crippen molar-refractivity contribution in [3.8, 4) is 11.5 Å². The second kappa shape index (κ2) is 13.9. The number of nitrogens with zero attached hydrogens (tertiary/aromatic N) is 1. The van der Waals surface area contributed by atoms with E-state index in [4.69, 9.17) is 9.47 Å². The van der Waals surface area contributed by atoms with Gasteiger partial charge in [0.15, 0.2) is 18.2 Å². The molecule has 0 unspecified atom stereocenters. The third kappa shape index (κ3) is 7.32. The molecule has 3 N–H and O–H groups in total. The number of ether oxygens (including phenoxy) is 2. The standard InChI is InChI=1S/C34H39FN4O7/c35-26-6-1-2-7-28(26)46-18-20-8-12-24(13-9-20)45-19-29(40)39-17-22-4-3-5-25(22)30(39)33(43)38-27(16-21-14-15-36-32(21)42)31(41)34(44)37-23-10-11-23/h1-2,6-9,12-13,21-23,25,27,30H,3-5,10-11,14-19H2,(H,36,42)(H,37,44)(H,38,43)/t21-,22-,25-,27-,30-/m0/s1. The van der Waals surface area contributed by atoms with Crippen LogP contribution in [-0.2, 0) is 30.6 Å². The fourth-order valence-electron chi connectivity index (χ4n) is 6.82. The Morgan fingerprint density at radius 1 is 0.978 bits per heavy atom. The highest BCUT2D eigenvalue weighted by atomic mass is 19.1. The van der Waals surface area contributed by atoms with Gasteiger partial charge in [0.2, 0.25) is 17.6 Å². The maximum absolute atomic E-state index is 13.9. The molecule has 0 aromatic heterocycles. The molecule has 4 amide bonds. The molecule has 2 saturated carbocycles. The number of amides is 4. The van der Waals surface area contributed by atoms with Crippen molar-refractivity contribution in [2.24, 2.45) is 17.8 Å². The average molecular weight is 635 g/mol. The quantitative estimate of drug-likeness (QED) is 0.287. The monoisotopic (exact) mass is 634 g/mol. The van der Waals surface area contributed by atoms with Crippen molar-refractivity contribution in [3.05, 3.63) is 59.9 Å². The van der Waals surface area contributed by atoms with Crippen LogP contribution in [0.25, 0.3) is 0 Å². The molecule has 11 nitrogen and oxygen atoms in total. The first-order valence-electron chi connectivity index (χ1n) is 16.1. The minimum Gasteiger partial charge on any atom is -0.486 e. The number of benzene rings is 2. The highest BCUT2D eigenvalue weighted by molar-refractivity contribution is 6.38. The predicted octanol–water partition coefficient (Wildman–Crippen LogP) is 2.27. The van der Waals surface area contributed by atoms with Gasteiger partial charge < -0.3 is 30.3 Å². The summed E-state index contributed by atoms with van der Waals surface area (Å²) in [6.45, 7) is 0.752. The number of rotatable bonds is 13. The lowest BCUT2D eigenvalue weighted by Crippen LogP contribution is -2.55. The number of hydrogen-bond donors (Lipinski definition) is 3. The van der Waals surface area contributed by atoms with Gasteiger partial charge in [0.25, 0.3) is 11.8 Å². The molecule has 12 heteroatoms. The minimum absolute atomic E-state index is 0.0215. The maximum atomic E-state index is 13.9. The van der Waals surface area contributed by atoms with Gasteiger partial charge in [-0.1, -0.05) is 30.7 Å². The molecule has 4 aliphatic rings. The lowest BCUT2D eigenvalue weighted by Gasteiger charge is -2.29. The average Bonchev–Trinajstić information content (AvgIpc) is 3.40. The van der Waals surface area contributed by atoms with E-state index in [-0.39, 0.29) is 55.1 Å². The molecular weight excluding hydrogens is 595 g/mol. The van der Waals surface area contributed by atoms with Gasteiger partial charge in [-0.2, -0.15) is 0 Å². The fourth-order valence-corrected chi connectivity index (χ4v) is 6.82. The molecule has 2 aromatic rings. The summed E-state index contributed by atoms with van der Waals surface area (Å²) in [4.78, 5) is 67.1. The Morgan fingerprint density at radius 2 is 1.76 bits per heavy atom. The summed E-state index contributed by atoms with van der Waals surface area (Å²) in [7, 11) is 0. The molecule has 2 aliphatic heterocycles. The van der Waals surface area contributed by atoms with Gasteiger partial charge in [-0.25, -0.2) is 4.39 Å². The fraction of sp³-hybridized carbons (Fsp3) is 0.500. The van der Waals surface area contributed by atoms with Gasteiger partial charge in [-0.3, -0.25) is 24.0 Å². The van der Waals surface area contributed by atoms with Crippen molar-refractivity contribution >= 4 is 29.4 Å². The summed E-state index contributed by atoms with van der Waals surface area (Å²) in [5, 5.41) is 8.21. The van der Waals surface area contributed by atoms with Crippen LogP contribution in [0.4, 0.5) is 4.39 Å². The molecule has 0 radical (unpaired) electrons.